The van der Waals surface area contributed by atoms with E-state index in [0.29, 0.717) is 5.92 Å². The summed E-state index contributed by atoms with van der Waals surface area (Å²) in [5.74, 6) is 1.40. The summed E-state index contributed by atoms with van der Waals surface area (Å²) in [4.78, 5) is 9.35. The molecular weight excluding hydrogens is 462 g/mol. The Morgan fingerprint density at radius 1 is 0.737 bits per heavy atom. The number of benzene rings is 1. The summed E-state index contributed by atoms with van der Waals surface area (Å²) in [5.41, 5.74) is 3.68. The molecule has 3 rings (SSSR count). The highest BCUT2D eigenvalue weighted by atomic mass is 14.9. The topological polar surface area (TPSA) is 49.6 Å². The average Bonchev–Trinajstić information content (AvgIpc) is 2.97. The van der Waals surface area contributed by atoms with Crippen LogP contribution in [-0.2, 0) is 6.42 Å². The summed E-state index contributed by atoms with van der Waals surface area (Å²) in [6.07, 6.45) is 29.2. The second-order valence-electron chi connectivity index (χ2n) is 11.9. The second kappa shape index (κ2) is 17.4. The molecule has 3 nitrogen and oxygen atoms in total. The molecule has 1 fully saturated rings. The Hall–Kier alpha value is -2.21. The van der Waals surface area contributed by atoms with Crippen LogP contribution in [0.2, 0.25) is 0 Å². The molecule has 0 unspecified atom stereocenters. The van der Waals surface area contributed by atoms with Crippen LogP contribution in [0.15, 0.2) is 36.7 Å². The van der Waals surface area contributed by atoms with Crippen molar-refractivity contribution in [3.63, 3.8) is 0 Å². The van der Waals surface area contributed by atoms with Crippen molar-refractivity contribution in [2.75, 3.05) is 0 Å². The lowest BCUT2D eigenvalue weighted by molar-refractivity contribution is 0.223. The van der Waals surface area contributed by atoms with Gasteiger partial charge in [0, 0.05) is 18.0 Å². The van der Waals surface area contributed by atoms with Crippen LogP contribution in [0.3, 0.4) is 0 Å². The van der Waals surface area contributed by atoms with E-state index in [1.807, 2.05) is 12.4 Å². The molecule has 1 aliphatic carbocycles. The van der Waals surface area contributed by atoms with E-state index in [9.17, 15) is 5.26 Å². The number of aromatic nitrogens is 2. The smallest absolute Gasteiger partial charge is 0.159 e. The molecular formula is C35H53N3. The van der Waals surface area contributed by atoms with E-state index in [-0.39, 0.29) is 5.41 Å². The van der Waals surface area contributed by atoms with Gasteiger partial charge in [-0.1, -0.05) is 122 Å². The van der Waals surface area contributed by atoms with E-state index in [1.165, 1.54) is 101 Å². The zero-order chi connectivity index (χ0) is 26.9. The lowest BCUT2D eigenvalue weighted by atomic mass is 9.67. The molecule has 2 aromatic rings. The van der Waals surface area contributed by atoms with Gasteiger partial charge >= 0.3 is 0 Å². The van der Waals surface area contributed by atoms with Crippen LogP contribution in [0.4, 0.5) is 0 Å². The van der Waals surface area contributed by atoms with Crippen LogP contribution in [0.25, 0.3) is 11.4 Å². The normalized spacial score (nSPS) is 19.3. The van der Waals surface area contributed by atoms with E-state index in [2.05, 4.69) is 54.2 Å². The fourth-order valence-corrected chi connectivity index (χ4v) is 6.17. The Labute approximate surface area is 233 Å². The first-order chi connectivity index (χ1) is 18.7. The molecule has 0 spiro atoms. The Morgan fingerprint density at radius 2 is 1.26 bits per heavy atom. The predicted molar refractivity (Wildman–Crippen MR) is 161 cm³/mol. The van der Waals surface area contributed by atoms with E-state index in [4.69, 9.17) is 0 Å². The van der Waals surface area contributed by atoms with Gasteiger partial charge in [-0.2, -0.15) is 5.26 Å². The fourth-order valence-electron chi connectivity index (χ4n) is 6.17. The number of nitrogens with zero attached hydrogens (tertiary/aromatic N) is 3. The van der Waals surface area contributed by atoms with Gasteiger partial charge < -0.3 is 0 Å². The monoisotopic (exact) mass is 515 g/mol. The molecule has 1 heterocycles. The SMILES string of the molecule is CCCCCCCCCCc1cnc(-c2ccc([C@H]3CC[C@@](C#N)(CCCCCCCC)CC3)cc2)nc1. The second-order valence-corrected chi connectivity index (χ2v) is 11.9. The molecule has 0 bridgehead atoms. The van der Waals surface area contributed by atoms with Crippen molar-refractivity contribution in [3.05, 3.63) is 47.8 Å². The highest BCUT2D eigenvalue weighted by Gasteiger charge is 2.35. The molecule has 1 aromatic carbocycles. The molecule has 0 atom stereocenters. The van der Waals surface area contributed by atoms with Crippen molar-refractivity contribution in [1.82, 2.24) is 9.97 Å². The van der Waals surface area contributed by atoms with Crippen molar-refractivity contribution in [2.24, 2.45) is 5.41 Å². The third-order valence-electron chi connectivity index (χ3n) is 8.85. The number of hydrogen-bond donors (Lipinski definition) is 0. The summed E-state index contributed by atoms with van der Waals surface area (Å²) >= 11 is 0. The molecule has 0 N–H and O–H groups in total. The Morgan fingerprint density at radius 3 is 1.82 bits per heavy atom. The van der Waals surface area contributed by atoms with Gasteiger partial charge in [0.2, 0.25) is 0 Å². The Kier molecular flexibility index (Phi) is 13.9. The minimum atomic E-state index is -0.0780. The molecule has 0 saturated heterocycles. The van der Waals surface area contributed by atoms with Gasteiger partial charge in [-0.3, -0.25) is 0 Å². The van der Waals surface area contributed by atoms with Gasteiger partial charge in [-0.25, -0.2) is 9.97 Å². The van der Waals surface area contributed by atoms with Crippen molar-refractivity contribution in [1.29, 1.82) is 5.26 Å². The first-order valence-electron chi connectivity index (χ1n) is 16.0. The van der Waals surface area contributed by atoms with E-state index >= 15 is 0 Å². The zero-order valence-corrected chi connectivity index (χ0v) is 24.5. The summed E-state index contributed by atoms with van der Waals surface area (Å²) in [6, 6.07) is 11.6. The standard InChI is InChI=1S/C35H53N3/c1-3-5-7-9-11-12-13-15-17-30-27-37-34(38-28-30)33-20-18-31(19-21-33)32-22-25-35(29-36,26-23-32)24-16-14-10-8-6-4-2/h18-21,27-28,32H,3-17,22-26H2,1-2H3/t32-,35-. The quantitative estimate of drug-likeness (QED) is 0.185. The largest absolute Gasteiger partial charge is 0.236 e. The van der Waals surface area contributed by atoms with E-state index in [0.717, 1.165) is 49.9 Å². The van der Waals surface area contributed by atoms with E-state index in [1.54, 1.807) is 0 Å². The predicted octanol–water partition coefficient (Wildman–Crippen LogP) is 10.7. The minimum absolute atomic E-state index is 0.0780. The van der Waals surface area contributed by atoms with Gasteiger partial charge in [0.25, 0.3) is 0 Å². The lowest BCUT2D eigenvalue weighted by Crippen LogP contribution is -2.25. The first-order valence-corrected chi connectivity index (χ1v) is 16.0. The van der Waals surface area contributed by atoms with Crippen LogP contribution >= 0.6 is 0 Å². The molecule has 208 valence electrons. The lowest BCUT2D eigenvalue weighted by Gasteiger charge is -2.35. The molecule has 0 radical (unpaired) electrons. The molecule has 1 saturated carbocycles. The minimum Gasteiger partial charge on any atom is -0.236 e. The zero-order valence-electron chi connectivity index (χ0n) is 24.5. The summed E-state index contributed by atoms with van der Waals surface area (Å²) in [5, 5.41) is 9.97. The maximum atomic E-state index is 9.97. The first kappa shape index (κ1) is 30.3. The van der Waals surface area contributed by atoms with Gasteiger partial charge in [-0.15, -0.1) is 0 Å². The third-order valence-corrected chi connectivity index (χ3v) is 8.85. The van der Waals surface area contributed by atoms with Crippen molar-refractivity contribution in [3.8, 4) is 17.5 Å². The van der Waals surface area contributed by atoms with Gasteiger partial charge in [-0.05, 0) is 62.0 Å². The highest BCUT2D eigenvalue weighted by molar-refractivity contribution is 5.55. The molecule has 3 heteroatoms. The molecule has 0 aliphatic heterocycles. The molecule has 1 aromatic heterocycles. The maximum Gasteiger partial charge on any atom is 0.159 e. The summed E-state index contributed by atoms with van der Waals surface area (Å²) in [7, 11) is 0. The van der Waals surface area contributed by atoms with Crippen LogP contribution in [-0.4, -0.2) is 9.97 Å². The number of unbranched alkanes of at least 4 members (excludes halogenated alkanes) is 12. The van der Waals surface area contributed by atoms with Crippen LogP contribution < -0.4 is 0 Å². The van der Waals surface area contributed by atoms with Crippen LogP contribution in [0.1, 0.15) is 153 Å². The number of nitriles is 1. The third kappa shape index (κ3) is 10.2. The fraction of sp³-hybridized carbons (Fsp3) is 0.686. The van der Waals surface area contributed by atoms with E-state index < -0.39 is 0 Å². The molecule has 38 heavy (non-hydrogen) atoms. The highest BCUT2D eigenvalue weighted by Crippen LogP contribution is 2.45. The molecule has 1 aliphatic rings. The van der Waals surface area contributed by atoms with Crippen molar-refractivity contribution in [2.45, 2.75) is 148 Å². The van der Waals surface area contributed by atoms with Crippen LogP contribution in [0.5, 0.6) is 0 Å². The van der Waals surface area contributed by atoms with Crippen LogP contribution in [0, 0.1) is 16.7 Å². The van der Waals surface area contributed by atoms with Crippen molar-refractivity contribution < 1.29 is 0 Å². The summed E-state index contributed by atoms with van der Waals surface area (Å²) in [6.45, 7) is 4.54. The maximum absolute atomic E-state index is 9.97. The number of rotatable bonds is 18. The number of aryl methyl sites for hydroxylation is 1. The van der Waals surface area contributed by atoms with Gasteiger partial charge in [0.05, 0.1) is 11.5 Å². The van der Waals surface area contributed by atoms with Gasteiger partial charge in [0.15, 0.2) is 5.82 Å². The Balaban J connectivity index is 1.40. The van der Waals surface area contributed by atoms with Crippen molar-refractivity contribution >= 4 is 0 Å². The van der Waals surface area contributed by atoms with Gasteiger partial charge in [0.1, 0.15) is 0 Å². The Bertz CT molecular complexity index is 917. The average molecular weight is 516 g/mol. The summed E-state index contributed by atoms with van der Waals surface area (Å²) < 4.78 is 0. The number of hydrogen-bond acceptors (Lipinski definition) is 3. The molecule has 0 amide bonds.